The van der Waals surface area contributed by atoms with E-state index in [-0.39, 0.29) is 37.8 Å². The molecule has 2 amide bonds. The highest BCUT2D eigenvalue weighted by Gasteiger charge is 2.28. The summed E-state index contributed by atoms with van der Waals surface area (Å²) in [5, 5.41) is 30.4. The van der Waals surface area contributed by atoms with Crippen molar-refractivity contribution in [1.82, 2.24) is 26.0 Å². The van der Waals surface area contributed by atoms with E-state index >= 15 is 0 Å². The fourth-order valence-corrected chi connectivity index (χ4v) is 3.07. The number of rotatable bonds is 17. The Balaban J connectivity index is 2.68. The summed E-state index contributed by atoms with van der Waals surface area (Å²) in [6.07, 6.45) is -0.206. The van der Waals surface area contributed by atoms with Crippen LogP contribution in [0, 0.1) is 0 Å². The molecule has 1 rings (SSSR count). The zero-order chi connectivity index (χ0) is 25.3. The summed E-state index contributed by atoms with van der Waals surface area (Å²) in [7, 11) is -0.218. The number of hydrogen-bond acceptors (Lipinski definition) is 9. The number of carbonyl (C=O) groups excluding carboxylic acids is 3. The van der Waals surface area contributed by atoms with Gasteiger partial charge in [0.2, 0.25) is 13.8 Å². The number of nitrogens with one attached hydrogen (secondary N) is 4. The normalized spacial score (nSPS) is 11.4. The second-order valence-corrected chi connectivity index (χ2v) is 7.94. The van der Waals surface area contributed by atoms with Crippen molar-refractivity contribution in [2.24, 2.45) is 0 Å². The highest BCUT2D eigenvalue weighted by Crippen LogP contribution is 2.06. The zero-order valence-corrected chi connectivity index (χ0v) is 20.3. The average molecular weight is 475 g/mol. The minimum absolute atomic E-state index is 0.0580. The van der Waals surface area contributed by atoms with E-state index < -0.39 is 26.1 Å². The summed E-state index contributed by atoms with van der Waals surface area (Å²) in [5.74, 6) is -1.15. The van der Waals surface area contributed by atoms with Gasteiger partial charge in [-0.25, -0.2) is 0 Å². The fraction of sp³-hybridized carbons (Fsp3) is 0.550. The van der Waals surface area contributed by atoms with Crippen LogP contribution >= 0.6 is 0 Å². The molecule has 6 N–H and O–H groups in total. The Hall–Kier alpha value is -2.38. The van der Waals surface area contributed by atoms with E-state index in [1.807, 2.05) is 30.3 Å². The van der Waals surface area contributed by atoms with Crippen LogP contribution in [-0.2, 0) is 20.9 Å². The van der Waals surface area contributed by atoms with Crippen LogP contribution in [-0.4, -0.2) is 99.9 Å². The molecule has 0 spiro atoms. The van der Waals surface area contributed by atoms with Gasteiger partial charge in [-0.3, -0.25) is 14.4 Å². The summed E-state index contributed by atoms with van der Waals surface area (Å²) in [5.41, 5.74) is 0.811. The van der Waals surface area contributed by atoms with Gasteiger partial charge in [-0.05, 0) is 25.8 Å². The third kappa shape index (κ3) is 14.0. The van der Waals surface area contributed by atoms with Gasteiger partial charge < -0.3 is 40.8 Å². The van der Waals surface area contributed by atoms with Crippen molar-refractivity contribution in [3.63, 3.8) is 0 Å². The molecule has 1 aromatic rings. The van der Waals surface area contributed by atoms with Gasteiger partial charge in [0.15, 0.2) is 5.81 Å². The molecule has 0 unspecified atom stereocenters. The Morgan fingerprint density at radius 1 is 1.03 bits per heavy atom. The topological polar surface area (TPSA) is 152 Å². The predicted octanol–water partition coefficient (Wildman–Crippen LogP) is -2.35. The predicted molar refractivity (Wildman–Crippen MR) is 135 cm³/mol. The van der Waals surface area contributed by atoms with Crippen LogP contribution in [0.1, 0.15) is 12.0 Å². The van der Waals surface area contributed by atoms with Gasteiger partial charge in [-0.2, -0.15) is 0 Å². The molecule has 0 radical (unpaired) electrons. The SMILES string of the molecule is BC(=O)NCCN(CCNCCNB(C)O)C(=O)C[C@H](NB(C)O)C(=O)OCc1ccccc1. The Kier molecular flexibility index (Phi) is 14.9. The maximum Gasteiger partial charge on any atom is 0.374 e. The summed E-state index contributed by atoms with van der Waals surface area (Å²) >= 11 is 0. The van der Waals surface area contributed by atoms with Gasteiger partial charge in [0.1, 0.15) is 12.6 Å². The van der Waals surface area contributed by atoms with E-state index in [9.17, 15) is 24.4 Å². The monoisotopic (exact) mass is 475 g/mol. The van der Waals surface area contributed by atoms with E-state index in [1.165, 1.54) is 14.7 Å². The van der Waals surface area contributed by atoms with E-state index in [4.69, 9.17) is 4.74 Å². The van der Waals surface area contributed by atoms with Gasteiger partial charge in [-0.15, -0.1) is 0 Å². The molecule has 1 aromatic carbocycles. The summed E-state index contributed by atoms with van der Waals surface area (Å²) in [4.78, 5) is 38.4. The highest BCUT2D eigenvalue weighted by atomic mass is 16.5. The van der Waals surface area contributed by atoms with Crippen molar-refractivity contribution in [2.75, 3.05) is 39.3 Å². The molecule has 34 heavy (non-hydrogen) atoms. The number of ether oxygens (including phenoxy) is 1. The second kappa shape index (κ2) is 17.1. The van der Waals surface area contributed by atoms with Gasteiger partial charge in [0.25, 0.3) is 0 Å². The molecule has 14 heteroatoms. The third-order valence-electron chi connectivity index (χ3n) is 4.74. The van der Waals surface area contributed by atoms with Gasteiger partial charge in [0, 0.05) is 32.7 Å². The fourth-order valence-electron chi connectivity index (χ4n) is 3.07. The van der Waals surface area contributed by atoms with E-state index in [0.29, 0.717) is 26.2 Å². The standard InChI is InChI=1S/C20H36B3N5O6/c1-22(32)26-9-8-24-10-12-28(13-11-25-20(21)31)18(29)14-17(27-23(2)33)19(30)34-15-16-6-4-3-5-7-16/h3-7,17,24,26-27,32-33H,8-15,21H2,1-2H3,(H,25,31)/t17-/m0/s1. The van der Waals surface area contributed by atoms with E-state index in [1.54, 1.807) is 11.7 Å². The molecule has 0 saturated carbocycles. The molecule has 0 bridgehead atoms. The summed E-state index contributed by atoms with van der Waals surface area (Å²) < 4.78 is 5.35. The largest absolute Gasteiger partial charge is 0.460 e. The molecule has 186 valence electrons. The molecule has 0 aliphatic heterocycles. The van der Waals surface area contributed by atoms with Crippen molar-refractivity contribution in [2.45, 2.75) is 32.7 Å². The zero-order valence-electron chi connectivity index (χ0n) is 20.3. The van der Waals surface area contributed by atoms with Crippen LogP contribution < -0.4 is 21.1 Å². The number of amides is 2. The molecular weight excluding hydrogens is 439 g/mol. The Morgan fingerprint density at radius 2 is 1.71 bits per heavy atom. The smallest absolute Gasteiger partial charge is 0.374 e. The molecule has 0 aliphatic rings. The molecule has 0 aromatic heterocycles. The first-order valence-electron chi connectivity index (χ1n) is 11.5. The summed E-state index contributed by atoms with van der Waals surface area (Å²) in [6, 6.07) is 8.14. The third-order valence-corrected chi connectivity index (χ3v) is 4.74. The number of benzene rings is 1. The minimum Gasteiger partial charge on any atom is -0.460 e. The van der Waals surface area contributed by atoms with Crippen LogP contribution in [0.4, 0.5) is 4.79 Å². The minimum atomic E-state index is -1.03. The first kappa shape index (κ1) is 29.7. The molecular formula is C20H36B3N5O6. The van der Waals surface area contributed by atoms with Crippen molar-refractivity contribution in [3.05, 3.63) is 35.9 Å². The maximum absolute atomic E-state index is 13.0. The number of nitrogens with zero attached hydrogens (tertiary/aromatic N) is 1. The quantitative estimate of drug-likeness (QED) is 0.0827. The molecule has 0 heterocycles. The van der Waals surface area contributed by atoms with Gasteiger partial charge in [0.05, 0.1) is 6.42 Å². The lowest BCUT2D eigenvalue weighted by Crippen LogP contribution is -2.50. The Bertz CT molecular complexity index is 745. The Morgan fingerprint density at radius 3 is 2.32 bits per heavy atom. The van der Waals surface area contributed by atoms with E-state index in [0.717, 1.165) is 5.56 Å². The van der Waals surface area contributed by atoms with Crippen LogP contribution in [0.2, 0.25) is 13.6 Å². The van der Waals surface area contributed by atoms with Gasteiger partial charge in [-0.1, -0.05) is 30.3 Å². The average Bonchev–Trinajstić information content (AvgIpc) is 2.77. The lowest BCUT2D eigenvalue weighted by atomic mass is 9.86. The highest BCUT2D eigenvalue weighted by molar-refractivity contribution is 6.57. The van der Waals surface area contributed by atoms with E-state index in [2.05, 4.69) is 21.1 Å². The van der Waals surface area contributed by atoms with Crippen LogP contribution in [0.3, 0.4) is 0 Å². The Labute approximate surface area is 203 Å². The van der Waals surface area contributed by atoms with Gasteiger partial charge >= 0.3 is 20.1 Å². The van der Waals surface area contributed by atoms with Crippen molar-refractivity contribution in [3.8, 4) is 0 Å². The number of hydrogen-bond donors (Lipinski definition) is 6. The van der Waals surface area contributed by atoms with Crippen molar-refractivity contribution < 1.29 is 29.2 Å². The molecule has 0 fully saturated rings. The molecule has 0 aliphatic carbocycles. The lowest BCUT2D eigenvalue weighted by Gasteiger charge is -2.26. The van der Waals surface area contributed by atoms with Crippen LogP contribution in [0.15, 0.2) is 30.3 Å². The number of carbonyl (C=O) groups is 3. The van der Waals surface area contributed by atoms with Crippen LogP contribution in [0.25, 0.3) is 0 Å². The van der Waals surface area contributed by atoms with Crippen LogP contribution in [0.5, 0.6) is 0 Å². The van der Waals surface area contributed by atoms with Crippen molar-refractivity contribution in [1.29, 1.82) is 0 Å². The molecule has 0 saturated heterocycles. The first-order valence-corrected chi connectivity index (χ1v) is 11.5. The van der Waals surface area contributed by atoms with Crippen molar-refractivity contribution >= 4 is 39.6 Å². The second-order valence-electron chi connectivity index (χ2n) is 7.94. The summed E-state index contributed by atoms with van der Waals surface area (Å²) in [6.45, 7) is 5.69. The lowest BCUT2D eigenvalue weighted by molar-refractivity contribution is -0.149. The number of esters is 1. The molecule has 11 nitrogen and oxygen atoms in total. The molecule has 1 atom stereocenters. The first-order chi connectivity index (χ1) is 16.2. The maximum atomic E-state index is 13.0.